The van der Waals surface area contributed by atoms with Gasteiger partial charge in [-0.3, -0.25) is 4.79 Å². The van der Waals surface area contributed by atoms with E-state index in [4.69, 9.17) is 0 Å². The van der Waals surface area contributed by atoms with E-state index in [0.717, 1.165) is 51.6 Å². The topological polar surface area (TPSA) is 44.1 Å². The summed E-state index contributed by atoms with van der Waals surface area (Å²) in [5.74, 6) is 0.118. The van der Waals surface area contributed by atoms with Crippen LogP contribution in [0.4, 0.5) is 0 Å². The van der Waals surface area contributed by atoms with E-state index in [1.165, 1.54) is 12.8 Å². The first kappa shape index (κ1) is 14.4. The number of rotatable bonds is 1. The number of carbonyl (C=O) groups excluding carboxylic acids is 1. The molecule has 0 aromatic rings. The first-order valence-corrected chi connectivity index (χ1v) is 7.70. The van der Waals surface area contributed by atoms with Gasteiger partial charge in [0.15, 0.2) is 0 Å². The van der Waals surface area contributed by atoms with Crippen LogP contribution in [-0.2, 0) is 4.79 Å². The van der Waals surface area contributed by atoms with Gasteiger partial charge in [-0.05, 0) is 37.5 Å². The average Bonchev–Trinajstić information content (AvgIpc) is 2.59. The fourth-order valence-corrected chi connectivity index (χ4v) is 3.46. The standard InChI is InChI=1S/C16H26N2O/c1-15(2)7-6-11-18(12-10-15)14(19)16(13-17)8-4-3-5-9-16/h3-12H2,1-2H3. The molecule has 19 heavy (non-hydrogen) atoms. The molecule has 1 saturated carbocycles. The van der Waals surface area contributed by atoms with Crippen molar-refractivity contribution in [3.05, 3.63) is 0 Å². The fourth-order valence-electron chi connectivity index (χ4n) is 3.46. The Morgan fingerprint density at radius 2 is 1.68 bits per heavy atom. The van der Waals surface area contributed by atoms with Crippen LogP contribution in [0.15, 0.2) is 0 Å². The molecule has 0 bridgehead atoms. The molecule has 0 unspecified atom stereocenters. The second-order valence-corrected chi connectivity index (χ2v) is 7.06. The second-order valence-electron chi connectivity index (χ2n) is 7.06. The summed E-state index contributed by atoms with van der Waals surface area (Å²) in [6.07, 6.45) is 8.06. The van der Waals surface area contributed by atoms with Gasteiger partial charge in [-0.1, -0.05) is 33.1 Å². The molecule has 3 nitrogen and oxygen atoms in total. The predicted molar refractivity (Wildman–Crippen MR) is 75.3 cm³/mol. The highest BCUT2D eigenvalue weighted by Crippen LogP contribution is 2.39. The van der Waals surface area contributed by atoms with Gasteiger partial charge < -0.3 is 4.90 Å². The molecule has 1 saturated heterocycles. The highest BCUT2D eigenvalue weighted by atomic mass is 16.2. The molecular formula is C16H26N2O. The van der Waals surface area contributed by atoms with Gasteiger partial charge in [-0.25, -0.2) is 0 Å². The van der Waals surface area contributed by atoms with E-state index in [2.05, 4.69) is 19.9 Å². The van der Waals surface area contributed by atoms with Gasteiger partial charge >= 0.3 is 0 Å². The molecule has 106 valence electrons. The van der Waals surface area contributed by atoms with Crippen molar-refractivity contribution in [2.45, 2.75) is 65.2 Å². The smallest absolute Gasteiger partial charge is 0.243 e. The SMILES string of the molecule is CC1(C)CCCN(C(=O)C2(C#N)CCCCC2)CC1. The van der Waals surface area contributed by atoms with Crippen molar-refractivity contribution in [3.63, 3.8) is 0 Å². The van der Waals surface area contributed by atoms with Gasteiger partial charge in [-0.15, -0.1) is 0 Å². The van der Waals surface area contributed by atoms with Gasteiger partial charge in [0.05, 0.1) is 6.07 Å². The Balaban J connectivity index is 2.08. The number of likely N-dealkylation sites (tertiary alicyclic amines) is 1. The molecule has 0 atom stereocenters. The Kier molecular flexibility index (Phi) is 4.18. The third-order valence-corrected chi connectivity index (χ3v) is 4.96. The maximum atomic E-state index is 12.8. The van der Waals surface area contributed by atoms with Crippen LogP contribution >= 0.6 is 0 Å². The zero-order valence-electron chi connectivity index (χ0n) is 12.4. The Hall–Kier alpha value is -1.04. The van der Waals surface area contributed by atoms with Crippen LogP contribution in [0.1, 0.15) is 65.2 Å². The Morgan fingerprint density at radius 1 is 1.00 bits per heavy atom. The van der Waals surface area contributed by atoms with Gasteiger partial charge in [0.2, 0.25) is 5.91 Å². The summed E-state index contributed by atoms with van der Waals surface area (Å²) in [5.41, 5.74) is -0.367. The van der Waals surface area contributed by atoms with Crippen molar-refractivity contribution in [1.29, 1.82) is 5.26 Å². The van der Waals surface area contributed by atoms with Crippen LogP contribution in [0.25, 0.3) is 0 Å². The Labute approximate surface area is 117 Å². The summed E-state index contributed by atoms with van der Waals surface area (Å²) < 4.78 is 0. The van der Waals surface area contributed by atoms with E-state index in [9.17, 15) is 10.1 Å². The molecular weight excluding hydrogens is 236 g/mol. The first-order valence-electron chi connectivity index (χ1n) is 7.70. The summed E-state index contributed by atoms with van der Waals surface area (Å²) in [7, 11) is 0. The lowest BCUT2D eigenvalue weighted by Gasteiger charge is -2.34. The van der Waals surface area contributed by atoms with Crippen LogP contribution in [0, 0.1) is 22.2 Å². The first-order chi connectivity index (χ1) is 8.99. The number of hydrogen-bond acceptors (Lipinski definition) is 2. The normalized spacial score (nSPS) is 26.3. The summed E-state index contributed by atoms with van der Waals surface area (Å²) in [6, 6.07) is 2.36. The van der Waals surface area contributed by atoms with Crippen LogP contribution < -0.4 is 0 Å². The summed E-state index contributed by atoms with van der Waals surface area (Å²) >= 11 is 0. The third-order valence-electron chi connectivity index (χ3n) is 4.96. The molecule has 0 radical (unpaired) electrons. The molecule has 1 heterocycles. The van der Waals surface area contributed by atoms with Crippen molar-refractivity contribution < 1.29 is 4.79 Å². The lowest BCUT2D eigenvalue weighted by atomic mass is 9.74. The van der Waals surface area contributed by atoms with E-state index >= 15 is 0 Å². The third kappa shape index (κ3) is 3.11. The highest BCUT2D eigenvalue weighted by Gasteiger charge is 2.43. The molecule has 3 heteroatoms. The lowest BCUT2D eigenvalue weighted by molar-refractivity contribution is -0.140. The van der Waals surface area contributed by atoms with Crippen molar-refractivity contribution >= 4 is 5.91 Å². The number of nitriles is 1. The Bertz CT molecular complexity index is 375. The highest BCUT2D eigenvalue weighted by molar-refractivity contribution is 5.85. The largest absolute Gasteiger partial charge is 0.341 e. The van der Waals surface area contributed by atoms with E-state index in [0.29, 0.717) is 5.41 Å². The molecule has 0 aromatic carbocycles. The van der Waals surface area contributed by atoms with E-state index in [-0.39, 0.29) is 5.91 Å². The van der Waals surface area contributed by atoms with E-state index in [1.807, 2.05) is 4.90 Å². The molecule has 0 spiro atoms. The average molecular weight is 262 g/mol. The molecule has 1 aliphatic heterocycles. The predicted octanol–water partition coefficient (Wildman–Crippen LogP) is 3.50. The minimum absolute atomic E-state index is 0.118. The van der Waals surface area contributed by atoms with Gasteiger partial charge in [0, 0.05) is 13.1 Å². The fraction of sp³-hybridized carbons (Fsp3) is 0.875. The van der Waals surface area contributed by atoms with Crippen molar-refractivity contribution in [3.8, 4) is 6.07 Å². The van der Waals surface area contributed by atoms with E-state index < -0.39 is 5.41 Å². The number of hydrogen-bond donors (Lipinski definition) is 0. The Morgan fingerprint density at radius 3 is 2.32 bits per heavy atom. The molecule has 1 aliphatic carbocycles. The lowest BCUT2D eigenvalue weighted by Crippen LogP contribution is -2.45. The second kappa shape index (κ2) is 5.53. The van der Waals surface area contributed by atoms with Gasteiger partial charge in [-0.2, -0.15) is 5.26 Å². The molecule has 2 rings (SSSR count). The van der Waals surface area contributed by atoms with Gasteiger partial charge in [0.1, 0.15) is 5.41 Å². The number of nitrogens with zero attached hydrogens (tertiary/aromatic N) is 2. The van der Waals surface area contributed by atoms with Crippen molar-refractivity contribution in [2.24, 2.45) is 10.8 Å². The molecule has 0 aromatic heterocycles. The summed E-state index contributed by atoms with van der Waals surface area (Å²) in [4.78, 5) is 14.7. The maximum absolute atomic E-state index is 12.8. The maximum Gasteiger partial charge on any atom is 0.243 e. The minimum atomic E-state index is -0.702. The molecule has 0 N–H and O–H groups in total. The number of carbonyl (C=O) groups is 1. The van der Waals surface area contributed by atoms with Crippen molar-refractivity contribution in [1.82, 2.24) is 4.90 Å². The number of amides is 1. The molecule has 2 fully saturated rings. The van der Waals surface area contributed by atoms with Crippen LogP contribution in [-0.4, -0.2) is 23.9 Å². The zero-order chi connectivity index (χ0) is 13.9. The van der Waals surface area contributed by atoms with Crippen molar-refractivity contribution in [2.75, 3.05) is 13.1 Å². The quantitative estimate of drug-likeness (QED) is 0.726. The van der Waals surface area contributed by atoms with Crippen LogP contribution in [0.2, 0.25) is 0 Å². The molecule has 1 amide bonds. The van der Waals surface area contributed by atoms with Crippen LogP contribution in [0.5, 0.6) is 0 Å². The minimum Gasteiger partial charge on any atom is -0.341 e. The zero-order valence-corrected chi connectivity index (χ0v) is 12.4. The van der Waals surface area contributed by atoms with E-state index in [1.54, 1.807) is 0 Å². The van der Waals surface area contributed by atoms with Crippen LogP contribution in [0.3, 0.4) is 0 Å². The summed E-state index contributed by atoms with van der Waals surface area (Å²) in [5, 5.41) is 9.52. The van der Waals surface area contributed by atoms with Gasteiger partial charge in [0.25, 0.3) is 0 Å². The summed E-state index contributed by atoms with van der Waals surface area (Å²) in [6.45, 7) is 6.23. The monoisotopic (exact) mass is 262 g/mol. The molecule has 2 aliphatic rings.